The van der Waals surface area contributed by atoms with Gasteiger partial charge in [-0.3, -0.25) is 9.71 Å². The van der Waals surface area contributed by atoms with Crippen LogP contribution in [0.1, 0.15) is 5.69 Å². The van der Waals surface area contributed by atoms with Crippen LogP contribution in [-0.4, -0.2) is 36.0 Å². The number of nitrogens with zero attached hydrogens (tertiary/aromatic N) is 1. The molecule has 0 aliphatic carbocycles. The lowest BCUT2D eigenvalue weighted by atomic mass is 10.1. The van der Waals surface area contributed by atoms with Gasteiger partial charge in [0.2, 0.25) is 0 Å². The summed E-state index contributed by atoms with van der Waals surface area (Å²) in [4.78, 5) is 4.34. The minimum Gasteiger partial charge on any atom is -0.497 e. The van der Waals surface area contributed by atoms with Gasteiger partial charge < -0.3 is 13.7 Å². The zero-order valence-electron chi connectivity index (χ0n) is 19.0. The van der Waals surface area contributed by atoms with Gasteiger partial charge in [-0.05, 0) is 67.6 Å². The summed E-state index contributed by atoms with van der Waals surface area (Å²) >= 11 is 0. The van der Waals surface area contributed by atoms with E-state index >= 15 is 0 Å². The van der Waals surface area contributed by atoms with E-state index < -0.39 is 20.1 Å². The highest BCUT2D eigenvalue weighted by Gasteiger charge is 2.21. The number of hydrogen-bond donors (Lipinski definition) is 1. The Kier molecular flexibility index (Phi) is 6.55. The molecule has 0 aliphatic rings. The van der Waals surface area contributed by atoms with Crippen LogP contribution in [0.5, 0.6) is 17.2 Å². The molecular weight excluding hydrogens is 492 g/mol. The lowest BCUT2D eigenvalue weighted by molar-refractivity contribution is 0.414. The van der Waals surface area contributed by atoms with Crippen molar-refractivity contribution < 1.29 is 30.5 Å². The molecular formula is C24H22N2O7S2. The lowest BCUT2D eigenvalue weighted by Crippen LogP contribution is -2.14. The summed E-state index contributed by atoms with van der Waals surface area (Å²) in [6.45, 7) is 1.76. The standard InChI is InChI=1S/C24H22N2O7S2/c1-16-4-5-17-14-20(33-35(29,30)22-12-8-19(32-3)9-13-22)15-23(24(17)25-16)26-34(27,28)21-10-6-18(31-2)7-11-21/h4-15,26H,1-3H3. The zero-order chi connectivity index (χ0) is 25.2. The smallest absolute Gasteiger partial charge is 0.339 e. The van der Waals surface area contributed by atoms with Gasteiger partial charge in [0.1, 0.15) is 22.1 Å². The monoisotopic (exact) mass is 514 g/mol. The van der Waals surface area contributed by atoms with Crippen molar-refractivity contribution in [2.45, 2.75) is 16.7 Å². The Balaban J connectivity index is 1.74. The summed E-state index contributed by atoms with van der Waals surface area (Å²) in [5.41, 5.74) is 1.07. The van der Waals surface area contributed by atoms with Gasteiger partial charge in [-0.2, -0.15) is 8.42 Å². The first kappa shape index (κ1) is 24.3. The van der Waals surface area contributed by atoms with Crippen molar-refractivity contribution in [3.63, 3.8) is 0 Å². The van der Waals surface area contributed by atoms with Crippen LogP contribution in [0, 0.1) is 6.92 Å². The van der Waals surface area contributed by atoms with Crippen LogP contribution >= 0.6 is 0 Å². The maximum atomic E-state index is 13.1. The topological polar surface area (TPSA) is 121 Å². The number of sulfonamides is 1. The Morgan fingerprint density at radius 1 is 0.714 bits per heavy atom. The van der Waals surface area contributed by atoms with Gasteiger partial charge in [0.15, 0.2) is 0 Å². The molecule has 4 aromatic rings. The quantitative estimate of drug-likeness (QED) is 0.349. The molecule has 0 radical (unpaired) electrons. The van der Waals surface area contributed by atoms with E-state index in [2.05, 4.69) is 9.71 Å². The molecule has 0 saturated heterocycles. The van der Waals surface area contributed by atoms with Crippen LogP contribution in [0.15, 0.2) is 82.6 Å². The number of aromatic nitrogens is 1. The fourth-order valence-corrected chi connectivity index (χ4v) is 5.28. The van der Waals surface area contributed by atoms with Crippen molar-refractivity contribution in [1.29, 1.82) is 0 Å². The fraction of sp³-hybridized carbons (Fsp3) is 0.125. The highest BCUT2D eigenvalue weighted by atomic mass is 32.2. The molecule has 0 aliphatic heterocycles. The zero-order valence-corrected chi connectivity index (χ0v) is 20.7. The number of benzene rings is 3. The summed E-state index contributed by atoms with van der Waals surface area (Å²) in [5.74, 6) is 0.920. The largest absolute Gasteiger partial charge is 0.497 e. The Bertz CT molecular complexity index is 1580. The number of ether oxygens (including phenoxy) is 2. The maximum Gasteiger partial charge on any atom is 0.339 e. The third-order valence-corrected chi connectivity index (χ3v) is 7.72. The van der Waals surface area contributed by atoms with Crippen LogP contribution in [0.3, 0.4) is 0 Å². The minimum atomic E-state index is -4.20. The van der Waals surface area contributed by atoms with Crippen molar-refractivity contribution in [3.05, 3.63) is 78.5 Å². The molecule has 0 fully saturated rings. The Labute approximate surface area is 203 Å². The molecule has 0 atom stereocenters. The number of aryl methyl sites for hydroxylation is 1. The molecule has 35 heavy (non-hydrogen) atoms. The van der Waals surface area contributed by atoms with E-state index in [0.717, 1.165) is 0 Å². The summed E-state index contributed by atoms with van der Waals surface area (Å²) in [6, 6.07) is 17.8. The SMILES string of the molecule is COc1ccc(S(=O)(=O)Nc2cc(OS(=O)(=O)c3ccc(OC)cc3)cc3ccc(C)nc23)cc1. The molecule has 0 saturated carbocycles. The number of pyridine rings is 1. The minimum absolute atomic E-state index is 0.00345. The van der Waals surface area contributed by atoms with E-state index in [0.29, 0.717) is 28.1 Å². The van der Waals surface area contributed by atoms with Crippen molar-refractivity contribution in [3.8, 4) is 17.2 Å². The van der Waals surface area contributed by atoms with Gasteiger partial charge in [0, 0.05) is 17.1 Å². The highest BCUT2D eigenvalue weighted by molar-refractivity contribution is 7.92. The fourth-order valence-electron chi connectivity index (χ4n) is 3.31. The number of methoxy groups -OCH3 is 2. The summed E-state index contributed by atoms with van der Waals surface area (Å²) < 4.78 is 69.8. The Morgan fingerprint density at radius 2 is 1.29 bits per heavy atom. The predicted octanol–water partition coefficient (Wildman–Crippen LogP) is 4.13. The number of anilines is 1. The second-order valence-corrected chi connectivity index (χ2v) is 10.7. The first-order valence-corrected chi connectivity index (χ1v) is 13.2. The van der Waals surface area contributed by atoms with Crippen LogP contribution in [0.25, 0.3) is 10.9 Å². The van der Waals surface area contributed by atoms with E-state index in [4.69, 9.17) is 13.7 Å². The van der Waals surface area contributed by atoms with Gasteiger partial charge in [-0.1, -0.05) is 6.07 Å². The molecule has 1 N–H and O–H groups in total. The molecule has 3 aromatic carbocycles. The number of fused-ring (bicyclic) bond motifs is 1. The molecule has 1 aromatic heterocycles. The van der Waals surface area contributed by atoms with Crippen LogP contribution in [0.4, 0.5) is 5.69 Å². The predicted molar refractivity (Wildman–Crippen MR) is 131 cm³/mol. The van der Waals surface area contributed by atoms with Crippen molar-refractivity contribution in [1.82, 2.24) is 4.98 Å². The van der Waals surface area contributed by atoms with Gasteiger partial charge >= 0.3 is 10.1 Å². The molecule has 182 valence electrons. The second-order valence-electron chi connectivity index (χ2n) is 7.49. The van der Waals surface area contributed by atoms with Gasteiger partial charge in [-0.15, -0.1) is 0 Å². The number of rotatable bonds is 8. The van der Waals surface area contributed by atoms with E-state index in [-0.39, 0.29) is 21.2 Å². The normalized spacial score (nSPS) is 11.7. The average molecular weight is 515 g/mol. The molecule has 11 heteroatoms. The molecule has 9 nitrogen and oxygen atoms in total. The molecule has 4 rings (SSSR count). The number of hydrogen-bond acceptors (Lipinski definition) is 8. The van der Waals surface area contributed by atoms with Crippen LogP contribution in [0.2, 0.25) is 0 Å². The Morgan fingerprint density at radius 3 is 1.86 bits per heavy atom. The second kappa shape index (κ2) is 9.43. The molecule has 0 unspecified atom stereocenters. The van der Waals surface area contributed by atoms with Crippen molar-refractivity contribution >= 4 is 36.7 Å². The van der Waals surface area contributed by atoms with Crippen molar-refractivity contribution in [2.24, 2.45) is 0 Å². The van der Waals surface area contributed by atoms with Crippen LogP contribution in [-0.2, 0) is 20.1 Å². The van der Waals surface area contributed by atoms with Crippen LogP contribution < -0.4 is 18.4 Å². The lowest BCUT2D eigenvalue weighted by Gasteiger charge is -2.14. The highest BCUT2D eigenvalue weighted by Crippen LogP contribution is 2.32. The first-order valence-electron chi connectivity index (χ1n) is 10.3. The molecule has 0 spiro atoms. The molecule has 0 bridgehead atoms. The van der Waals surface area contributed by atoms with E-state index in [9.17, 15) is 16.8 Å². The average Bonchev–Trinajstić information content (AvgIpc) is 2.84. The van der Waals surface area contributed by atoms with Gasteiger partial charge in [-0.25, -0.2) is 8.42 Å². The van der Waals surface area contributed by atoms with Crippen molar-refractivity contribution in [2.75, 3.05) is 18.9 Å². The van der Waals surface area contributed by atoms with Gasteiger partial charge in [0.05, 0.1) is 30.3 Å². The first-order chi connectivity index (χ1) is 16.6. The Hall–Kier alpha value is -3.83. The number of nitrogens with one attached hydrogen (secondary N) is 1. The van der Waals surface area contributed by atoms with E-state index in [1.54, 1.807) is 19.1 Å². The maximum absolute atomic E-state index is 13.1. The third kappa shape index (κ3) is 5.31. The third-order valence-electron chi connectivity index (χ3n) is 5.07. The summed E-state index contributed by atoms with van der Waals surface area (Å²) in [5, 5.41) is 0.491. The summed E-state index contributed by atoms with van der Waals surface area (Å²) in [6.07, 6.45) is 0. The molecule has 1 heterocycles. The van der Waals surface area contributed by atoms with E-state index in [1.165, 1.54) is 74.9 Å². The molecule has 0 amide bonds. The van der Waals surface area contributed by atoms with Gasteiger partial charge in [0.25, 0.3) is 10.0 Å². The summed E-state index contributed by atoms with van der Waals surface area (Å²) in [7, 11) is -5.28. The van der Waals surface area contributed by atoms with E-state index in [1.807, 2.05) is 0 Å².